The predicted molar refractivity (Wildman–Crippen MR) is 60.0 cm³/mol. The number of rotatable bonds is 3. The van der Waals surface area contributed by atoms with Crippen LogP contribution in [0.1, 0.15) is 17.4 Å². The first-order valence-corrected chi connectivity index (χ1v) is 5.48. The predicted octanol–water partition coefficient (Wildman–Crippen LogP) is 2.42. The number of nitrogens with zero attached hydrogens (tertiary/aromatic N) is 3. The van der Waals surface area contributed by atoms with Crippen LogP contribution in [-0.4, -0.2) is 15.1 Å². The molecule has 16 heavy (non-hydrogen) atoms. The molecule has 0 radical (unpaired) electrons. The van der Waals surface area contributed by atoms with Gasteiger partial charge in [0.15, 0.2) is 12.4 Å². The van der Waals surface area contributed by atoms with E-state index in [1.165, 1.54) is 0 Å². The molecule has 0 atom stereocenters. The third-order valence-electron chi connectivity index (χ3n) is 1.93. The summed E-state index contributed by atoms with van der Waals surface area (Å²) in [5, 5.41) is 3.67. The molecule has 0 aliphatic heterocycles. The molecule has 0 unspecified atom stereocenters. The molecule has 5 nitrogen and oxygen atoms in total. The summed E-state index contributed by atoms with van der Waals surface area (Å²) >= 11 is 3.38. The highest BCUT2D eigenvalue weighted by atomic mass is 79.9. The quantitative estimate of drug-likeness (QED) is 0.866. The Labute approximate surface area is 101 Å². The normalized spacial score (nSPS) is 10.4. The molecule has 6 heteroatoms. The first-order chi connectivity index (χ1) is 7.65. The third kappa shape index (κ3) is 2.57. The van der Waals surface area contributed by atoms with Crippen LogP contribution in [-0.2, 0) is 6.61 Å². The summed E-state index contributed by atoms with van der Waals surface area (Å²) < 4.78 is 11.3. The summed E-state index contributed by atoms with van der Waals surface area (Å²) in [5.41, 5.74) is 0.918. The highest BCUT2D eigenvalue weighted by Gasteiger charge is 2.05. The standard InChI is InChI=1S/C10H10BrN3O2/c1-6-9(11)3-8(4-12-6)15-5-10-13-7(2)14-16-10/h3-4H,5H2,1-2H3. The van der Waals surface area contributed by atoms with Gasteiger partial charge in [-0.2, -0.15) is 4.98 Å². The summed E-state index contributed by atoms with van der Waals surface area (Å²) in [6.07, 6.45) is 1.66. The molecule has 0 N–H and O–H groups in total. The van der Waals surface area contributed by atoms with Gasteiger partial charge in [0.2, 0.25) is 0 Å². The molecule has 0 spiro atoms. The molecule has 0 bridgehead atoms. The van der Waals surface area contributed by atoms with Crippen molar-refractivity contribution in [3.05, 3.63) is 34.1 Å². The van der Waals surface area contributed by atoms with Gasteiger partial charge in [0.05, 0.1) is 11.9 Å². The number of hydrogen-bond donors (Lipinski definition) is 0. The van der Waals surface area contributed by atoms with E-state index in [1.54, 1.807) is 13.1 Å². The fourth-order valence-corrected chi connectivity index (χ4v) is 1.44. The zero-order valence-electron chi connectivity index (χ0n) is 8.90. The Morgan fingerprint density at radius 1 is 1.44 bits per heavy atom. The maximum absolute atomic E-state index is 5.45. The van der Waals surface area contributed by atoms with Crippen LogP contribution >= 0.6 is 15.9 Å². The highest BCUT2D eigenvalue weighted by molar-refractivity contribution is 9.10. The van der Waals surface area contributed by atoms with Crippen LogP contribution in [0.15, 0.2) is 21.3 Å². The van der Waals surface area contributed by atoms with Gasteiger partial charge in [-0.1, -0.05) is 5.16 Å². The van der Waals surface area contributed by atoms with E-state index in [9.17, 15) is 0 Å². The zero-order valence-corrected chi connectivity index (χ0v) is 10.5. The molecule has 2 aromatic rings. The van der Waals surface area contributed by atoms with Crippen LogP contribution in [0.25, 0.3) is 0 Å². The van der Waals surface area contributed by atoms with Gasteiger partial charge in [0.25, 0.3) is 5.89 Å². The lowest BCUT2D eigenvalue weighted by Gasteiger charge is -2.04. The minimum atomic E-state index is 0.248. The van der Waals surface area contributed by atoms with Crippen molar-refractivity contribution < 1.29 is 9.26 Å². The fraction of sp³-hybridized carbons (Fsp3) is 0.300. The summed E-state index contributed by atoms with van der Waals surface area (Å²) in [6.45, 7) is 3.92. The number of pyridine rings is 1. The van der Waals surface area contributed by atoms with Gasteiger partial charge in [-0.25, -0.2) is 0 Å². The lowest BCUT2D eigenvalue weighted by atomic mass is 10.4. The zero-order chi connectivity index (χ0) is 11.5. The molecule has 0 saturated carbocycles. The molecule has 0 fully saturated rings. The van der Waals surface area contributed by atoms with Crippen molar-refractivity contribution in [3.63, 3.8) is 0 Å². The van der Waals surface area contributed by atoms with E-state index in [0.717, 1.165) is 10.2 Å². The Bertz CT molecular complexity index is 499. The summed E-state index contributed by atoms with van der Waals surface area (Å²) in [7, 11) is 0. The lowest BCUT2D eigenvalue weighted by molar-refractivity contribution is 0.241. The number of aryl methyl sites for hydroxylation is 2. The first kappa shape index (κ1) is 11.1. The van der Waals surface area contributed by atoms with E-state index in [-0.39, 0.29) is 6.61 Å². The Morgan fingerprint density at radius 2 is 2.25 bits per heavy atom. The average molecular weight is 284 g/mol. The van der Waals surface area contributed by atoms with Gasteiger partial charge >= 0.3 is 0 Å². The fourth-order valence-electron chi connectivity index (χ4n) is 1.11. The van der Waals surface area contributed by atoms with Crippen molar-refractivity contribution in [2.24, 2.45) is 0 Å². The average Bonchev–Trinajstić information content (AvgIpc) is 2.66. The second-order valence-corrected chi connectivity index (χ2v) is 4.12. The SMILES string of the molecule is Cc1noc(COc2cnc(C)c(Br)c2)n1. The van der Waals surface area contributed by atoms with Crippen LogP contribution in [0.3, 0.4) is 0 Å². The Kier molecular flexibility index (Phi) is 3.19. The van der Waals surface area contributed by atoms with E-state index >= 15 is 0 Å². The molecule has 2 rings (SSSR count). The van der Waals surface area contributed by atoms with Gasteiger partial charge in [0, 0.05) is 4.47 Å². The third-order valence-corrected chi connectivity index (χ3v) is 2.73. The van der Waals surface area contributed by atoms with Crippen LogP contribution < -0.4 is 4.74 Å². The van der Waals surface area contributed by atoms with Gasteiger partial charge in [-0.15, -0.1) is 0 Å². The highest BCUT2D eigenvalue weighted by Crippen LogP contribution is 2.20. The molecule has 0 aromatic carbocycles. The minimum Gasteiger partial charge on any atom is -0.482 e. The van der Waals surface area contributed by atoms with Crippen molar-refractivity contribution in [3.8, 4) is 5.75 Å². The van der Waals surface area contributed by atoms with E-state index in [1.807, 2.05) is 13.0 Å². The van der Waals surface area contributed by atoms with E-state index in [2.05, 4.69) is 31.1 Å². The number of hydrogen-bond acceptors (Lipinski definition) is 5. The van der Waals surface area contributed by atoms with Crippen molar-refractivity contribution in [1.82, 2.24) is 15.1 Å². The lowest BCUT2D eigenvalue weighted by Crippen LogP contribution is -1.97. The van der Waals surface area contributed by atoms with Crippen molar-refractivity contribution in [2.45, 2.75) is 20.5 Å². The second-order valence-electron chi connectivity index (χ2n) is 3.26. The Balaban J connectivity index is 2.02. The first-order valence-electron chi connectivity index (χ1n) is 4.69. The van der Waals surface area contributed by atoms with Crippen LogP contribution in [0.4, 0.5) is 0 Å². The second kappa shape index (κ2) is 4.61. The monoisotopic (exact) mass is 283 g/mol. The Hall–Kier alpha value is -1.43. The van der Waals surface area contributed by atoms with Gasteiger partial charge in [-0.05, 0) is 35.8 Å². The maximum atomic E-state index is 5.45. The van der Waals surface area contributed by atoms with E-state index in [4.69, 9.17) is 9.26 Å². The molecular weight excluding hydrogens is 274 g/mol. The number of ether oxygens (including phenoxy) is 1. The summed E-state index contributed by atoms with van der Waals surface area (Å²) in [6, 6.07) is 1.85. The van der Waals surface area contributed by atoms with Gasteiger partial charge < -0.3 is 9.26 Å². The minimum absolute atomic E-state index is 0.248. The maximum Gasteiger partial charge on any atom is 0.264 e. The molecule has 0 amide bonds. The molecular formula is C10H10BrN3O2. The number of aromatic nitrogens is 3. The van der Waals surface area contributed by atoms with Crippen molar-refractivity contribution >= 4 is 15.9 Å². The van der Waals surface area contributed by atoms with Gasteiger partial charge in [-0.3, -0.25) is 4.98 Å². The van der Waals surface area contributed by atoms with Crippen LogP contribution in [0.2, 0.25) is 0 Å². The molecule has 2 heterocycles. The molecule has 0 saturated heterocycles. The number of halogens is 1. The molecule has 84 valence electrons. The molecule has 0 aliphatic rings. The van der Waals surface area contributed by atoms with Crippen molar-refractivity contribution in [2.75, 3.05) is 0 Å². The van der Waals surface area contributed by atoms with Gasteiger partial charge in [0.1, 0.15) is 5.75 Å². The van der Waals surface area contributed by atoms with E-state index < -0.39 is 0 Å². The smallest absolute Gasteiger partial charge is 0.264 e. The molecule has 0 aliphatic carbocycles. The molecule has 2 aromatic heterocycles. The topological polar surface area (TPSA) is 61.0 Å². The summed E-state index contributed by atoms with van der Waals surface area (Å²) in [5.74, 6) is 1.71. The largest absolute Gasteiger partial charge is 0.482 e. The van der Waals surface area contributed by atoms with E-state index in [0.29, 0.717) is 17.5 Å². The van der Waals surface area contributed by atoms with Crippen LogP contribution in [0.5, 0.6) is 5.75 Å². The van der Waals surface area contributed by atoms with Crippen molar-refractivity contribution in [1.29, 1.82) is 0 Å². The Morgan fingerprint density at radius 3 is 2.88 bits per heavy atom. The van der Waals surface area contributed by atoms with Crippen LogP contribution in [0, 0.1) is 13.8 Å². The summed E-state index contributed by atoms with van der Waals surface area (Å²) in [4.78, 5) is 8.19.